The first-order valence-corrected chi connectivity index (χ1v) is 8.38. The minimum atomic E-state index is 0.559. The maximum absolute atomic E-state index is 6.05. The molecule has 3 heteroatoms. The van der Waals surface area contributed by atoms with Crippen molar-refractivity contribution in [2.24, 2.45) is 0 Å². The van der Waals surface area contributed by atoms with Gasteiger partial charge < -0.3 is 10.1 Å². The van der Waals surface area contributed by atoms with Crippen molar-refractivity contribution in [2.45, 2.75) is 77.0 Å². The lowest BCUT2D eigenvalue weighted by molar-refractivity contribution is 0.00518. The maximum Gasteiger partial charge on any atom is 0.0597 e. The maximum atomic E-state index is 6.05. The largest absolute Gasteiger partial charge is 0.377 e. The Morgan fingerprint density at radius 3 is 2.63 bits per heavy atom. The zero-order valence-electron chi connectivity index (χ0n) is 12.9. The fourth-order valence-corrected chi connectivity index (χ4v) is 3.60. The fourth-order valence-electron chi connectivity index (χ4n) is 3.60. The predicted molar refractivity (Wildman–Crippen MR) is 80.6 cm³/mol. The van der Waals surface area contributed by atoms with E-state index in [9.17, 15) is 0 Å². The van der Waals surface area contributed by atoms with Crippen molar-refractivity contribution in [3.8, 4) is 0 Å². The average Bonchev–Trinajstić information content (AvgIpc) is 2.43. The molecule has 1 aliphatic heterocycles. The van der Waals surface area contributed by atoms with Crippen LogP contribution in [0.5, 0.6) is 0 Å². The normalized spacial score (nSPS) is 30.6. The Labute approximate surface area is 119 Å². The zero-order valence-corrected chi connectivity index (χ0v) is 12.9. The van der Waals surface area contributed by atoms with Gasteiger partial charge in [-0.25, -0.2) is 0 Å². The van der Waals surface area contributed by atoms with Crippen molar-refractivity contribution in [1.82, 2.24) is 10.2 Å². The van der Waals surface area contributed by atoms with Crippen LogP contribution in [0.15, 0.2) is 0 Å². The monoisotopic (exact) mass is 268 g/mol. The number of hydrogen-bond acceptors (Lipinski definition) is 3. The van der Waals surface area contributed by atoms with Gasteiger partial charge in [-0.2, -0.15) is 0 Å². The summed E-state index contributed by atoms with van der Waals surface area (Å²) < 4.78 is 6.05. The number of likely N-dealkylation sites (tertiary alicyclic amines) is 1. The number of rotatable bonds is 6. The van der Waals surface area contributed by atoms with Crippen LogP contribution in [-0.4, -0.2) is 49.3 Å². The molecule has 3 nitrogen and oxygen atoms in total. The third kappa shape index (κ3) is 5.05. The van der Waals surface area contributed by atoms with Gasteiger partial charge in [0.2, 0.25) is 0 Å². The second kappa shape index (κ2) is 8.23. The molecule has 0 amide bonds. The van der Waals surface area contributed by atoms with Crippen LogP contribution in [0.1, 0.15) is 58.8 Å². The molecular weight excluding hydrogens is 236 g/mol. The van der Waals surface area contributed by atoms with E-state index in [1.54, 1.807) is 0 Å². The number of ether oxygens (including phenoxy) is 1. The van der Waals surface area contributed by atoms with Crippen LogP contribution in [0.2, 0.25) is 0 Å². The Bertz CT molecular complexity index is 241. The highest BCUT2D eigenvalue weighted by Gasteiger charge is 2.24. The van der Waals surface area contributed by atoms with Crippen molar-refractivity contribution in [3.63, 3.8) is 0 Å². The smallest absolute Gasteiger partial charge is 0.0597 e. The molecule has 1 N–H and O–H groups in total. The van der Waals surface area contributed by atoms with Crippen LogP contribution in [-0.2, 0) is 4.74 Å². The molecule has 2 fully saturated rings. The summed E-state index contributed by atoms with van der Waals surface area (Å²) in [4.78, 5) is 2.61. The minimum absolute atomic E-state index is 0.559. The van der Waals surface area contributed by atoms with Gasteiger partial charge in [0.15, 0.2) is 0 Å². The summed E-state index contributed by atoms with van der Waals surface area (Å²) in [6, 6.07) is 1.43. The van der Waals surface area contributed by atoms with Crippen molar-refractivity contribution < 1.29 is 4.74 Å². The zero-order chi connectivity index (χ0) is 13.5. The first kappa shape index (κ1) is 15.3. The fraction of sp³-hybridized carbons (Fsp3) is 1.00. The van der Waals surface area contributed by atoms with Crippen molar-refractivity contribution >= 4 is 0 Å². The van der Waals surface area contributed by atoms with Gasteiger partial charge in [0, 0.05) is 18.6 Å². The lowest BCUT2D eigenvalue weighted by Crippen LogP contribution is -2.48. The van der Waals surface area contributed by atoms with Gasteiger partial charge in [-0.1, -0.05) is 26.2 Å². The highest BCUT2D eigenvalue weighted by molar-refractivity contribution is 4.82. The first-order valence-electron chi connectivity index (χ1n) is 8.38. The van der Waals surface area contributed by atoms with E-state index in [2.05, 4.69) is 24.1 Å². The highest BCUT2D eigenvalue weighted by atomic mass is 16.5. The summed E-state index contributed by atoms with van der Waals surface area (Å²) in [5.74, 6) is 0. The summed E-state index contributed by atoms with van der Waals surface area (Å²) in [5, 5.41) is 3.59. The molecule has 2 aliphatic rings. The molecule has 0 aromatic rings. The van der Waals surface area contributed by atoms with Gasteiger partial charge in [-0.15, -0.1) is 0 Å². The Balaban J connectivity index is 1.60. The van der Waals surface area contributed by atoms with Crippen LogP contribution in [0.25, 0.3) is 0 Å². The van der Waals surface area contributed by atoms with Crippen LogP contribution < -0.4 is 5.32 Å². The summed E-state index contributed by atoms with van der Waals surface area (Å²) in [6.45, 7) is 8.95. The second-order valence-corrected chi connectivity index (χ2v) is 6.29. The molecule has 1 saturated carbocycles. The molecule has 1 aliphatic carbocycles. The third-order valence-electron chi connectivity index (χ3n) is 4.79. The first-order chi connectivity index (χ1) is 9.29. The summed E-state index contributed by atoms with van der Waals surface area (Å²) >= 11 is 0. The van der Waals surface area contributed by atoms with E-state index in [1.165, 1.54) is 51.5 Å². The molecule has 1 heterocycles. The molecule has 19 heavy (non-hydrogen) atoms. The van der Waals surface area contributed by atoms with Gasteiger partial charge in [0.25, 0.3) is 0 Å². The third-order valence-corrected chi connectivity index (χ3v) is 4.79. The molecule has 0 bridgehead atoms. The predicted octanol–water partition coefficient (Wildman–Crippen LogP) is 2.80. The molecular formula is C16H32N2O. The number of nitrogens with one attached hydrogen (secondary N) is 1. The molecule has 0 aromatic carbocycles. The van der Waals surface area contributed by atoms with Crippen LogP contribution in [0.4, 0.5) is 0 Å². The standard InChI is InChI=1S/C16H32N2O/c1-3-17-15-9-10-18(14(2)13-15)11-12-19-16-7-5-4-6-8-16/h14-17H,3-13H2,1-2H3. The molecule has 1 saturated heterocycles. The molecule has 0 spiro atoms. The highest BCUT2D eigenvalue weighted by Crippen LogP contribution is 2.21. The quantitative estimate of drug-likeness (QED) is 0.801. The summed E-state index contributed by atoms with van der Waals surface area (Å²) in [6.07, 6.45) is 9.87. The average molecular weight is 268 g/mol. The van der Waals surface area contributed by atoms with E-state index >= 15 is 0 Å². The van der Waals surface area contributed by atoms with E-state index in [0.29, 0.717) is 12.1 Å². The SMILES string of the molecule is CCNC1CCN(CCOC2CCCCC2)C(C)C1. The van der Waals surface area contributed by atoms with Crippen molar-refractivity contribution in [3.05, 3.63) is 0 Å². The van der Waals surface area contributed by atoms with E-state index < -0.39 is 0 Å². The molecule has 0 aromatic heterocycles. The topological polar surface area (TPSA) is 24.5 Å². The molecule has 2 atom stereocenters. The number of nitrogens with zero attached hydrogens (tertiary/aromatic N) is 1. The molecule has 112 valence electrons. The van der Waals surface area contributed by atoms with Gasteiger partial charge in [0.1, 0.15) is 0 Å². The Morgan fingerprint density at radius 1 is 1.16 bits per heavy atom. The lowest BCUT2D eigenvalue weighted by atomic mass is 9.97. The summed E-state index contributed by atoms with van der Waals surface area (Å²) in [7, 11) is 0. The Kier molecular flexibility index (Phi) is 6.62. The van der Waals surface area contributed by atoms with Gasteiger partial charge in [0.05, 0.1) is 12.7 Å². The lowest BCUT2D eigenvalue weighted by Gasteiger charge is -2.38. The van der Waals surface area contributed by atoms with Crippen molar-refractivity contribution in [1.29, 1.82) is 0 Å². The molecule has 0 radical (unpaired) electrons. The van der Waals surface area contributed by atoms with Crippen molar-refractivity contribution in [2.75, 3.05) is 26.2 Å². The molecule has 2 unspecified atom stereocenters. The second-order valence-electron chi connectivity index (χ2n) is 6.29. The van der Waals surface area contributed by atoms with Gasteiger partial charge in [-0.3, -0.25) is 4.90 Å². The van der Waals surface area contributed by atoms with Gasteiger partial charge in [-0.05, 0) is 45.7 Å². The van der Waals surface area contributed by atoms with Crippen LogP contribution in [0, 0.1) is 0 Å². The minimum Gasteiger partial charge on any atom is -0.377 e. The Morgan fingerprint density at radius 2 is 1.95 bits per heavy atom. The van der Waals surface area contributed by atoms with Crippen LogP contribution >= 0.6 is 0 Å². The Hall–Kier alpha value is -0.120. The van der Waals surface area contributed by atoms with E-state index in [1.807, 2.05) is 0 Å². The van der Waals surface area contributed by atoms with E-state index in [-0.39, 0.29) is 0 Å². The number of hydrogen-bond donors (Lipinski definition) is 1. The summed E-state index contributed by atoms with van der Waals surface area (Å²) in [5.41, 5.74) is 0. The van der Waals surface area contributed by atoms with Crippen LogP contribution in [0.3, 0.4) is 0 Å². The van der Waals surface area contributed by atoms with Gasteiger partial charge >= 0.3 is 0 Å². The van der Waals surface area contributed by atoms with E-state index in [4.69, 9.17) is 4.74 Å². The number of piperidine rings is 1. The van der Waals surface area contributed by atoms with E-state index in [0.717, 1.165) is 25.7 Å². The molecule has 2 rings (SSSR count).